The van der Waals surface area contributed by atoms with Gasteiger partial charge >= 0.3 is 0 Å². The lowest BCUT2D eigenvalue weighted by Crippen LogP contribution is -2.30. The van der Waals surface area contributed by atoms with Crippen LogP contribution in [-0.2, 0) is 16.2 Å². The van der Waals surface area contributed by atoms with Gasteiger partial charge in [-0.15, -0.1) is 0 Å². The zero-order chi connectivity index (χ0) is 41.3. The first kappa shape index (κ1) is 38.1. The number of nitrogens with zero attached hydrogens (tertiary/aromatic N) is 5. The Morgan fingerprint density at radius 3 is 1.86 bits per heavy atom. The van der Waals surface area contributed by atoms with Crippen LogP contribution in [0, 0.1) is 0 Å². The van der Waals surface area contributed by atoms with Gasteiger partial charge in [-0.2, -0.15) is 0 Å². The number of ether oxygens (including phenoxy) is 1. The highest BCUT2D eigenvalue weighted by atomic mass is 16.5. The van der Waals surface area contributed by atoms with Crippen LogP contribution in [0.25, 0.3) is 38.9 Å². The molecule has 0 saturated heterocycles. The molecule has 0 bridgehead atoms. The van der Waals surface area contributed by atoms with Crippen LogP contribution in [0.5, 0.6) is 11.5 Å². The van der Waals surface area contributed by atoms with Crippen LogP contribution in [0.3, 0.4) is 0 Å². The van der Waals surface area contributed by atoms with Crippen molar-refractivity contribution in [1.82, 2.24) is 14.5 Å². The second kappa shape index (κ2) is 14.2. The molecule has 0 aliphatic carbocycles. The van der Waals surface area contributed by atoms with Crippen LogP contribution in [0.4, 0.5) is 22.7 Å². The van der Waals surface area contributed by atoms with E-state index in [1.165, 1.54) is 33.5 Å². The zero-order valence-corrected chi connectivity index (χ0v) is 35.7. The van der Waals surface area contributed by atoms with Crippen LogP contribution in [-0.4, -0.2) is 21.2 Å². The second-order valence-corrected chi connectivity index (χ2v) is 18.9. The molecule has 0 saturated carbocycles. The third kappa shape index (κ3) is 7.01. The van der Waals surface area contributed by atoms with E-state index in [0.717, 1.165) is 56.4 Å². The highest BCUT2D eigenvalue weighted by molar-refractivity contribution is 6.09. The van der Waals surface area contributed by atoms with Crippen LogP contribution in [0.15, 0.2) is 146 Å². The molecule has 5 aromatic carbocycles. The summed E-state index contributed by atoms with van der Waals surface area (Å²) in [4.78, 5) is 14.6. The Hall–Kier alpha value is -6.40. The number of anilines is 4. The Labute approximate surface area is 348 Å². The van der Waals surface area contributed by atoms with Gasteiger partial charge in [0.2, 0.25) is 0 Å². The molecule has 0 amide bonds. The van der Waals surface area contributed by atoms with E-state index in [1.807, 2.05) is 24.5 Å². The standard InChI is InChI=1S/C53H53N5O/c1-51(2,3)36-26-28-55-49(31-36)58-45-21-11-10-19-40(45)41-25-24-39(33-48(41)58)59-38-18-16-17-37(32-38)56-34-57(47-23-13-12-22-46(47)56)50-42(52(4,5)6)29-35(30-43(50)53(7,8)9)44-20-14-15-27-54-44/h10-33H,34H2,1-9H3. The average Bonchev–Trinajstić information content (AvgIpc) is 3.76. The molecule has 0 unspecified atom stereocenters. The molecule has 0 atom stereocenters. The summed E-state index contributed by atoms with van der Waals surface area (Å²) >= 11 is 0. The number of benzene rings is 5. The Kier molecular flexibility index (Phi) is 9.15. The van der Waals surface area contributed by atoms with Crippen molar-refractivity contribution >= 4 is 44.6 Å². The summed E-state index contributed by atoms with van der Waals surface area (Å²) < 4.78 is 9.02. The third-order valence-corrected chi connectivity index (χ3v) is 11.6. The topological polar surface area (TPSA) is 46.4 Å². The van der Waals surface area contributed by atoms with Gasteiger partial charge in [0.1, 0.15) is 24.0 Å². The van der Waals surface area contributed by atoms with Crippen LogP contribution in [0.1, 0.15) is 79.0 Å². The molecule has 1 aliphatic heterocycles. The Bertz CT molecular complexity index is 2820. The van der Waals surface area contributed by atoms with Crippen molar-refractivity contribution in [1.29, 1.82) is 0 Å². The van der Waals surface area contributed by atoms with Gasteiger partial charge in [-0.1, -0.05) is 105 Å². The first-order valence-electron chi connectivity index (χ1n) is 20.7. The fourth-order valence-corrected chi connectivity index (χ4v) is 8.50. The van der Waals surface area contributed by atoms with E-state index in [4.69, 9.17) is 14.7 Å². The maximum Gasteiger partial charge on any atom is 0.137 e. The maximum absolute atomic E-state index is 6.75. The average molecular weight is 776 g/mol. The predicted octanol–water partition coefficient (Wildman–Crippen LogP) is 14.2. The van der Waals surface area contributed by atoms with Gasteiger partial charge in [-0.25, -0.2) is 4.98 Å². The van der Waals surface area contributed by atoms with Crippen molar-refractivity contribution in [2.75, 3.05) is 16.5 Å². The number of fused-ring (bicyclic) bond motifs is 4. The summed E-state index contributed by atoms with van der Waals surface area (Å²) in [6.07, 6.45) is 3.80. The minimum atomic E-state index is -0.130. The smallest absolute Gasteiger partial charge is 0.137 e. The summed E-state index contributed by atoms with van der Waals surface area (Å²) in [5.74, 6) is 2.45. The fourth-order valence-electron chi connectivity index (χ4n) is 8.50. The molecule has 0 N–H and O–H groups in total. The molecular formula is C53H53N5O. The number of aromatic nitrogens is 3. The predicted molar refractivity (Wildman–Crippen MR) is 246 cm³/mol. The molecule has 4 heterocycles. The minimum Gasteiger partial charge on any atom is -0.457 e. The molecule has 59 heavy (non-hydrogen) atoms. The molecule has 9 rings (SSSR count). The van der Waals surface area contributed by atoms with Gasteiger partial charge in [0, 0.05) is 46.5 Å². The zero-order valence-electron chi connectivity index (χ0n) is 35.7. The quantitative estimate of drug-likeness (QED) is 0.168. The number of hydrogen-bond acceptors (Lipinski definition) is 5. The highest BCUT2D eigenvalue weighted by Gasteiger charge is 2.36. The molecule has 0 spiro atoms. The Morgan fingerprint density at radius 2 is 1.17 bits per heavy atom. The van der Waals surface area contributed by atoms with Crippen molar-refractivity contribution in [3.05, 3.63) is 163 Å². The molecule has 1 aliphatic rings. The summed E-state index contributed by atoms with van der Waals surface area (Å²) in [6, 6.07) is 47.4. The van der Waals surface area contributed by atoms with Crippen LogP contribution < -0.4 is 14.5 Å². The normalized spacial score (nSPS) is 13.4. The monoisotopic (exact) mass is 775 g/mol. The van der Waals surface area contributed by atoms with Gasteiger partial charge in [0.25, 0.3) is 0 Å². The molecule has 6 heteroatoms. The lowest BCUT2D eigenvalue weighted by molar-refractivity contribution is 0.483. The Balaban J connectivity index is 1.10. The van der Waals surface area contributed by atoms with E-state index in [2.05, 4.69) is 198 Å². The summed E-state index contributed by atoms with van der Waals surface area (Å²) in [5, 5.41) is 2.35. The molecule has 3 aromatic heterocycles. The van der Waals surface area contributed by atoms with Gasteiger partial charge in [0.05, 0.1) is 33.8 Å². The van der Waals surface area contributed by atoms with E-state index in [9.17, 15) is 0 Å². The van der Waals surface area contributed by atoms with E-state index < -0.39 is 0 Å². The molecular weight excluding hydrogens is 723 g/mol. The van der Waals surface area contributed by atoms with Crippen molar-refractivity contribution in [2.45, 2.75) is 78.6 Å². The SMILES string of the molecule is CC(C)(C)c1ccnc(-n2c3ccccc3c3ccc(Oc4cccc(N5CN(c6c(C(C)(C)C)cc(-c7ccccn7)cc6C(C)(C)C)c6ccccc65)c4)cc32)c1. The van der Waals surface area contributed by atoms with Gasteiger partial charge in [-0.3, -0.25) is 9.55 Å². The first-order chi connectivity index (χ1) is 28.1. The highest BCUT2D eigenvalue weighted by Crippen LogP contribution is 2.51. The van der Waals surface area contributed by atoms with E-state index in [-0.39, 0.29) is 16.2 Å². The lowest BCUT2D eigenvalue weighted by atomic mass is 9.76. The lowest BCUT2D eigenvalue weighted by Gasteiger charge is -2.36. The summed E-state index contributed by atoms with van der Waals surface area (Å²) in [6.45, 7) is 21.3. The van der Waals surface area contributed by atoms with E-state index in [1.54, 1.807) is 0 Å². The first-order valence-corrected chi connectivity index (χ1v) is 20.7. The number of rotatable bonds is 6. The molecule has 296 valence electrons. The number of pyridine rings is 2. The van der Waals surface area contributed by atoms with Gasteiger partial charge < -0.3 is 14.5 Å². The van der Waals surface area contributed by atoms with E-state index >= 15 is 0 Å². The molecule has 6 nitrogen and oxygen atoms in total. The number of para-hydroxylation sites is 3. The van der Waals surface area contributed by atoms with Crippen molar-refractivity contribution in [2.24, 2.45) is 0 Å². The van der Waals surface area contributed by atoms with Crippen molar-refractivity contribution < 1.29 is 4.74 Å². The van der Waals surface area contributed by atoms with Crippen LogP contribution >= 0.6 is 0 Å². The largest absolute Gasteiger partial charge is 0.457 e. The Morgan fingerprint density at radius 1 is 0.508 bits per heavy atom. The minimum absolute atomic E-state index is 0.00288. The van der Waals surface area contributed by atoms with Crippen LogP contribution in [0.2, 0.25) is 0 Å². The van der Waals surface area contributed by atoms with Gasteiger partial charge in [-0.05, 0) is 112 Å². The molecule has 0 fully saturated rings. The van der Waals surface area contributed by atoms with Gasteiger partial charge in [0.15, 0.2) is 0 Å². The molecule has 0 radical (unpaired) electrons. The third-order valence-electron chi connectivity index (χ3n) is 11.6. The summed E-state index contributed by atoms with van der Waals surface area (Å²) in [7, 11) is 0. The van der Waals surface area contributed by atoms with Crippen molar-refractivity contribution in [3.8, 4) is 28.6 Å². The summed E-state index contributed by atoms with van der Waals surface area (Å²) in [5.41, 5.74) is 12.6. The maximum atomic E-state index is 6.75. The second-order valence-electron chi connectivity index (χ2n) is 18.9. The fraction of sp³-hybridized carbons (Fsp3) is 0.245. The van der Waals surface area contributed by atoms with Crippen molar-refractivity contribution in [3.63, 3.8) is 0 Å². The molecule has 8 aromatic rings. The number of hydrogen-bond donors (Lipinski definition) is 0. The van der Waals surface area contributed by atoms with E-state index in [0.29, 0.717) is 6.67 Å².